The number of hydrogen-bond acceptors (Lipinski definition) is 2. The molecule has 1 aliphatic rings. The first kappa shape index (κ1) is 6.97. The molecule has 0 fully saturated rings. The second-order valence-electron chi connectivity index (χ2n) is 2.10. The van der Waals surface area contributed by atoms with Gasteiger partial charge in [0, 0.05) is 26.3 Å². The highest BCUT2D eigenvalue weighted by Gasteiger charge is 2.09. The highest BCUT2D eigenvalue weighted by Crippen LogP contribution is 2.24. The number of fused-ring (bicyclic) bond motifs is 1. The monoisotopic (exact) mass is 260 g/mol. The van der Waals surface area contributed by atoms with E-state index in [1.165, 1.54) is 0 Å². The third-order valence-corrected chi connectivity index (χ3v) is 3.08. The topological polar surface area (TPSA) is 26.3 Å². The number of halogens is 1. The average molecular weight is 260 g/mol. The SMILES string of the molecule is O=C1Oc2ccccc2C=I1. The summed E-state index contributed by atoms with van der Waals surface area (Å²) in [5.74, 6) is 0.698. The Morgan fingerprint density at radius 1 is 1.27 bits per heavy atom. The molecule has 0 saturated heterocycles. The lowest BCUT2D eigenvalue weighted by Crippen LogP contribution is -2.03. The van der Waals surface area contributed by atoms with E-state index in [1.807, 2.05) is 28.3 Å². The maximum Gasteiger partial charge on any atom is 0.366 e. The summed E-state index contributed by atoms with van der Waals surface area (Å²) in [6.45, 7) is 0. The number of rotatable bonds is 0. The maximum absolute atomic E-state index is 10.8. The predicted molar refractivity (Wildman–Crippen MR) is 51.7 cm³/mol. The summed E-state index contributed by atoms with van der Waals surface area (Å²) in [4.78, 5) is 10.8. The number of para-hydroxylation sites is 1. The molecule has 0 amide bonds. The fourth-order valence-electron chi connectivity index (χ4n) is 0.876. The van der Waals surface area contributed by atoms with Gasteiger partial charge < -0.3 is 4.74 Å². The third kappa shape index (κ3) is 1.33. The van der Waals surface area contributed by atoms with E-state index in [4.69, 9.17) is 4.74 Å². The molecule has 2 rings (SSSR count). The molecule has 0 N–H and O–H groups in total. The van der Waals surface area contributed by atoms with E-state index >= 15 is 0 Å². The van der Waals surface area contributed by atoms with Gasteiger partial charge in [-0.25, -0.2) is 4.79 Å². The van der Waals surface area contributed by atoms with Gasteiger partial charge in [0.25, 0.3) is 0 Å². The van der Waals surface area contributed by atoms with E-state index in [1.54, 1.807) is 0 Å². The molecule has 11 heavy (non-hydrogen) atoms. The summed E-state index contributed by atoms with van der Waals surface area (Å²) in [6, 6.07) is 7.58. The molecule has 0 bridgehead atoms. The molecule has 0 spiro atoms. The van der Waals surface area contributed by atoms with Gasteiger partial charge in [0.2, 0.25) is 0 Å². The lowest BCUT2D eigenvalue weighted by atomic mass is 10.2. The zero-order valence-corrected chi connectivity index (χ0v) is 7.74. The van der Waals surface area contributed by atoms with Crippen LogP contribution >= 0.6 is 20.7 Å². The lowest BCUT2D eigenvalue weighted by molar-refractivity contribution is 0.230. The molecule has 1 aromatic carbocycles. The Morgan fingerprint density at radius 3 is 3.00 bits per heavy atom. The number of carbonyl (C=O) groups excluding carboxylic acids is 1. The van der Waals surface area contributed by atoms with Crippen molar-refractivity contribution in [3.8, 4) is 5.75 Å². The number of benzene rings is 1. The van der Waals surface area contributed by atoms with Crippen LogP contribution < -0.4 is 4.74 Å². The van der Waals surface area contributed by atoms with Crippen LogP contribution in [0.25, 0.3) is 0 Å². The highest BCUT2D eigenvalue weighted by molar-refractivity contribution is 14.2. The Balaban J connectivity index is 2.54. The van der Waals surface area contributed by atoms with E-state index in [2.05, 4.69) is 0 Å². The minimum atomic E-state index is -0.523. The van der Waals surface area contributed by atoms with E-state index < -0.39 is 20.7 Å². The molecule has 0 saturated carbocycles. The highest BCUT2D eigenvalue weighted by atomic mass is 127. The van der Waals surface area contributed by atoms with Crippen LogP contribution in [0.1, 0.15) is 5.56 Å². The van der Waals surface area contributed by atoms with Crippen LogP contribution in [0.4, 0.5) is 4.79 Å². The molecular formula is C8H5IO2. The van der Waals surface area contributed by atoms with Gasteiger partial charge in [-0.15, -0.1) is 0 Å². The molecular weight excluding hydrogens is 255 g/mol. The molecule has 1 aromatic rings. The quantitative estimate of drug-likeness (QED) is 0.528. The van der Waals surface area contributed by atoms with Crippen LogP contribution in [0.2, 0.25) is 0 Å². The van der Waals surface area contributed by atoms with E-state index in [-0.39, 0.29) is 3.98 Å². The fourth-order valence-corrected chi connectivity index (χ4v) is 2.34. The van der Waals surface area contributed by atoms with Gasteiger partial charge in [-0.1, -0.05) is 18.2 Å². The van der Waals surface area contributed by atoms with E-state index in [0.717, 1.165) is 5.56 Å². The number of hydrogen-bond donors (Lipinski definition) is 0. The Labute approximate surface area is 73.9 Å². The minimum Gasteiger partial charge on any atom is -0.419 e. The van der Waals surface area contributed by atoms with E-state index in [0.29, 0.717) is 5.75 Å². The molecule has 1 heterocycles. The molecule has 56 valence electrons. The number of ether oxygens (including phenoxy) is 1. The summed E-state index contributed by atoms with van der Waals surface area (Å²) in [7, 11) is 0. The second kappa shape index (κ2) is 2.73. The van der Waals surface area contributed by atoms with Crippen molar-refractivity contribution < 1.29 is 9.53 Å². The summed E-state index contributed by atoms with van der Waals surface area (Å²) in [6.07, 6.45) is 0. The first-order valence-corrected chi connectivity index (χ1v) is 5.46. The summed E-state index contributed by atoms with van der Waals surface area (Å²) in [5, 5.41) is 0. The first-order valence-electron chi connectivity index (χ1n) is 3.14. The van der Waals surface area contributed by atoms with Crippen molar-refractivity contribution >= 4 is 28.7 Å². The van der Waals surface area contributed by atoms with Crippen LogP contribution in [0, 0.1) is 0 Å². The Kier molecular flexibility index (Phi) is 1.73. The van der Waals surface area contributed by atoms with Gasteiger partial charge in [0.15, 0.2) is 0 Å². The molecule has 0 atom stereocenters. The minimum absolute atomic E-state index is 0.0671. The van der Waals surface area contributed by atoms with Crippen molar-refractivity contribution in [3.05, 3.63) is 29.8 Å². The molecule has 0 unspecified atom stereocenters. The zero-order valence-electron chi connectivity index (χ0n) is 5.58. The van der Waals surface area contributed by atoms with Gasteiger partial charge in [0.1, 0.15) is 5.75 Å². The summed E-state index contributed by atoms with van der Waals surface area (Å²) >= 11 is -0.523. The van der Waals surface area contributed by atoms with E-state index in [9.17, 15) is 4.79 Å². The van der Waals surface area contributed by atoms with Gasteiger partial charge in [-0.2, -0.15) is 0 Å². The molecule has 0 aliphatic carbocycles. The largest absolute Gasteiger partial charge is 0.419 e. The second-order valence-corrected chi connectivity index (χ2v) is 4.22. The third-order valence-electron chi connectivity index (χ3n) is 1.37. The van der Waals surface area contributed by atoms with Crippen molar-refractivity contribution in [1.29, 1.82) is 0 Å². The Morgan fingerprint density at radius 2 is 2.09 bits per heavy atom. The fraction of sp³-hybridized carbons (Fsp3) is 0. The van der Waals surface area contributed by atoms with Crippen LogP contribution in [-0.2, 0) is 0 Å². The standard InChI is InChI=1S/C8H5IO2/c10-8-9-5-6-3-1-2-4-7(6)11-8/h1-5H. The molecule has 0 aromatic heterocycles. The summed E-state index contributed by atoms with van der Waals surface area (Å²) in [5.41, 5.74) is 1.06. The lowest BCUT2D eigenvalue weighted by Gasteiger charge is -2.07. The van der Waals surface area contributed by atoms with Crippen LogP contribution in [-0.4, -0.2) is 7.99 Å². The molecule has 0 radical (unpaired) electrons. The zero-order chi connectivity index (χ0) is 7.68. The van der Waals surface area contributed by atoms with Crippen LogP contribution in [0.5, 0.6) is 5.75 Å². The predicted octanol–water partition coefficient (Wildman–Crippen LogP) is 2.32. The normalized spacial score (nSPS) is 14.7. The molecule has 1 aliphatic heterocycles. The van der Waals surface area contributed by atoms with Crippen molar-refractivity contribution in [2.45, 2.75) is 0 Å². The smallest absolute Gasteiger partial charge is 0.366 e. The Hall–Kier alpha value is -0.710. The van der Waals surface area contributed by atoms with Crippen molar-refractivity contribution in [2.24, 2.45) is 0 Å². The van der Waals surface area contributed by atoms with Crippen LogP contribution in [0.15, 0.2) is 24.3 Å². The van der Waals surface area contributed by atoms with Gasteiger partial charge in [-0.05, 0) is 10.1 Å². The Bertz CT molecular complexity index is 331. The maximum atomic E-state index is 10.8. The van der Waals surface area contributed by atoms with Crippen molar-refractivity contribution in [1.82, 2.24) is 0 Å². The number of carbonyl (C=O) groups is 1. The van der Waals surface area contributed by atoms with Crippen LogP contribution in [0.3, 0.4) is 0 Å². The van der Waals surface area contributed by atoms with Gasteiger partial charge in [-0.3, -0.25) is 0 Å². The first-order chi connectivity index (χ1) is 5.36. The summed E-state index contributed by atoms with van der Waals surface area (Å²) < 4.78 is 6.93. The molecule has 2 nitrogen and oxygen atoms in total. The van der Waals surface area contributed by atoms with Gasteiger partial charge in [0.05, 0.1) is 0 Å². The van der Waals surface area contributed by atoms with Crippen molar-refractivity contribution in [2.75, 3.05) is 0 Å². The average Bonchev–Trinajstić information content (AvgIpc) is 2.04. The van der Waals surface area contributed by atoms with Gasteiger partial charge >= 0.3 is 3.98 Å². The molecule has 3 heteroatoms. The van der Waals surface area contributed by atoms with Crippen molar-refractivity contribution in [3.63, 3.8) is 0 Å².